The molecule has 0 bridgehead atoms. The Morgan fingerprint density at radius 3 is 2.82 bits per heavy atom. The van der Waals surface area contributed by atoms with Crippen molar-refractivity contribution in [2.75, 3.05) is 6.54 Å². The van der Waals surface area contributed by atoms with Gasteiger partial charge in [0, 0.05) is 23.4 Å². The summed E-state index contributed by atoms with van der Waals surface area (Å²) < 4.78 is 1.13. The number of carbonyl (C=O) groups excluding carboxylic acids is 1. The highest BCUT2D eigenvalue weighted by Crippen LogP contribution is 2.31. The zero-order chi connectivity index (χ0) is 12.3. The van der Waals surface area contributed by atoms with Crippen molar-refractivity contribution in [2.45, 2.75) is 37.6 Å². The van der Waals surface area contributed by atoms with Crippen molar-refractivity contribution in [1.29, 1.82) is 0 Å². The highest BCUT2D eigenvalue weighted by molar-refractivity contribution is 9.11. The van der Waals surface area contributed by atoms with Crippen LogP contribution in [-0.4, -0.2) is 18.0 Å². The fourth-order valence-corrected chi connectivity index (χ4v) is 3.48. The van der Waals surface area contributed by atoms with Gasteiger partial charge in [0.1, 0.15) is 0 Å². The van der Waals surface area contributed by atoms with Crippen LogP contribution in [0, 0.1) is 0 Å². The largest absolute Gasteiger partial charge is 0.356 e. The molecule has 0 atom stereocenters. The fourth-order valence-electron chi connectivity index (χ4n) is 2.00. The first-order valence-corrected chi connectivity index (χ1v) is 7.48. The Balaban J connectivity index is 1.66. The van der Waals surface area contributed by atoms with Crippen molar-refractivity contribution in [3.05, 3.63) is 20.8 Å². The molecule has 0 aliphatic heterocycles. The summed E-state index contributed by atoms with van der Waals surface area (Å²) in [5.74, 6) is 0.0859. The molecule has 1 aliphatic rings. The van der Waals surface area contributed by atoms with Crippen LogP contribution >= 0.6 is 27.3 Å². The highest BCUT2D eigenvalue weighted by atomic mass is 79.9. The lowest BCUT2D eigenvalue weighted by molar-refractivity contribution is -0.122. The third kappa shape index (κ3) is 3.79. The zero-order valence-electron chi connectivity index (χ0n) is 9.67. The first kappa shape index (κ1) is 13.1. The second-order valence-electron chi connectivity index (χ2n) is 4.70. The van der Waals surface area contributed by atoms with Crippen LogP contribution in [0.4, 0.5) is 0 Å². The number of hydrogen-bond acceptors (Lipinski definition) is 3. The second kappa shape index (κ2) is 5.50. The molecule has 0 aromatic carbocycles. The average molecular weight is 317 g/mol. The van der Waals surface area contributed by atoms with Gasteiger partial charge in [0.15, 0.2) is 0 Å². The number of amides is 1. The predicted octanol–water partition coefficient (Wildman–Crippen LogP) is 2.44. The third-order valence-electron chi connectivity index (χ3n) is 3.18. The van der Waals surface area contributed by atoms with E-state index in [1.54, 1.807) is 11.3 Å². The van der Waals surface area contributed by atoms with Crippen molar-refractivity contribution in [3.8, 4) is 0 Å². The number of hydrogen-bond donors (Lipinski definition) is 2. The lowest BCUT2D eigenvalue weighted by Gasteiger charge is -2.37. The average Bonchev–Trinajstić information content (AvgIpc) is 2.62. The van der Waals surface area contributed by atoms with E-state index in [9.17, 15) is 4.79 Å². The van der Waals surface area contributed by atoms with Gasteiger partial charge in [0.25, 0.3) is 0 Å². The molecule has 94 valence electrons. The van der Waals surface area contributed by atoms with Gasteiger partial charge in [0.05, 0.1) is 3.79 Å². The van der Waals surface area contributed by atoms with Gasteiger partial charge in [-0.15, -0.1) is 11.3 Å². The summed E-state index contributed by atoms with van der Waals surface area (Å²) in [6, 6.07) is 4.11. The minimum atomic E-state index is -0.212. The number of nitrogens with two attached hydrogens (primary N) is 1. The maximum atomic E-state index is 11.6. The first-order valence-electron chi connectivity index (χ1n) is 5.87. The maximum Gasteiger partial charge on any atom is 0.221 e. The van der Waals surface area contributed by atoms with E-state index in [0.717, 1.165) is 29.5 Å². The van der Waals surface area contributed by atoms with E-state index in [-0.39, 0.29) is 11.4 Å². The molecule has 0 radical (unpaired) electrons. The van der Waals surface area contributed by atoms with Crippen LogP contribution in [0.3, 0.4) is 0 Å². The van der Waals surface area contributed by atoms with E-state index < -0.39 is 0 Å². The van der Waals surface area contributed by atoms with Gasteiger partial charge in [-0.1, -0.05) is 0 Å². The minimum absolute atomic E-state index is 0.0859. The summed E-state index contributed by atoms with van der Waals surface area (Å²) in [5, 5.41) is 2.94. The minimum Gasteiger partial charge on any atom is -0.356 e. The monoisotopic (exact) mass is 316 g/mol. The number of nitrogens with one attached hydrogen (secondary N) is 1. The molecule has 2 rings (SSSR count). The Labute approximate surface area is 114 Å². The maximum absolute atomic E-state index is 11.6. The molecule has 3 nitrogen and oxygen atoms in total. The molecule has 1 saturated carbocycles. The summed E-state index contributed by atoms with van der Waals surface area (Å²) in [6.07, 6.45) is 4.49. The molecule has 1 amide bonds. The summed E-state index contributed by atoms with van der Waals surface area (Å²) >= 11 is 5.13. The van der Waals surface area contributed by atoms with Gasteiger partial charge in [-0.2, -0.15) is 0 Å². The van der Waals surface area contributed by atoms with Gasteiger partial charge < -0.3 is 11.1 Å². The number of thiophene rings is 1. The van der Waals surface area contributed by atoms with Crippen molar-refractivity contribution in [2.24, 2.45) is 5.73 Å². The van der Waals surface area contributed by atoms with Crippen LogP contribution in [0.5, 0.6) is 0 Å². The van der Waals surface area contributed by atoms with Crippen molar-refractivity contribution in [1.82, 2.24) is 5.32 Å². The molecule has 17 heavy (non-hydrogen) atoms. The van der Waals surface area contributed by atoms with Crippen LogP contribution in [0.1, 0.15) is 30.6 Å². The molecule has 1 heterocycles. The van der Waals surface area contributed by atoms with Crippen LogP contribution in [0.2, 0.25) is 0 Å². The van der Waals surface area contributed by atoms with Gasteiger partial charge in [-0.05, 0) is 53.7 Å². The van der Waals surface area contributed by atoms with E-state index >= 15 is 0 Å². The molecule has 1 fully saturated rings. The lowest BCUT2D eigenvalue weighted by atomic mass is 9.75. The molecule has 0 saturated heterocycles. The Bertz CT molecular complexity index is 401. The Morgan fingerprint density at radius 2 is 2.29 bits per heavy atom. The quantitative estimate of drug-likeness (QED) is 0.876. The highest BCUT2D eigenvalue weighted by Gasteiger charge is 2.34. The van der Waals surface area contributed by atoms with E-state index in [4.69, 9.17) is 5.73 Å². The van der Waals surface area contributed by atoms with Crippen molar-refractivity contribution >= 4 is 33.2 Å². The standard InChI is InChI=1S/C12H17BrN2OS/c13-10-3-2-9(17-10)4-7-15-11(16)8-12(14)5-1-6-12/h2-3H,1,4-8,14H2,(H,15,16). The molecule has 3 N–H and O–H groups in total. The van der Waals surface area contributed by atoms with Crippen molar-refractivity contribution in [3.63, 3.8) is 0 Å². The normalized spacial score (nSPS) is 17.5. The predicted molar refractivity (Wildman–Crippen MR) is 74.1 cm³/mol. The van der Waals surface area contributed by atoms with Gasteiger partial charge in [-0.3, -0.25) is 4.79 Å². The number of halogens is 1. The molecular formula is C12H17BrN2OS. The molecular weight excluding hydrogens is 300 g/mol. The second-order valence-corrected chi connectivity index (χ2v) is 7.25. The van der Waals surface area contributed by atoms with Crippen LogP contribution in [0.25, 0.3) is 0 Å². The lowest BCUT2D eigenvalue weighted by Crippen LogP contribution is -2.50. The third-order valence-corrected chi connectivity index (χ3v) is 4.87. The fraction of sp³-hybridized carbons (Fsp3) is 0.583. The van der Waals surface area contributed by atoms with E-state index in [1.807, 2.05) is 6.07 Å². The smallest absolute Gasteiger partial charge is 0.221 e. The number of rotatable bonds is 5. The van der Waals surface area contributed by atoms with Gasteiger partial charge in [0.2, 0.25) is 5.91 Å². The SMILES string of the molecule is NC1(CC(=O)NCCc2ccc(Br)s2)CCC1. The molecule has 1 aromatic heterocycles. The number of carbonyl (C=O) groups is 1. The van der Waals surface area contributed by atoms with Crippen LogP contribution < -0.4 is 11.1 Å². The molecule has 0 unspecified atom stereocenters. The van der Waals surface area contributed by atoms with Crippen molar-refractivity contribution < 1.29 is 4.79 Å². The summed E-state index contributed by atoms with van der Waals surface area (Å²) in [7, 11) is 0. The summed E-state index contributed by atoms with van der Waals surface area (Å²) in [5.41, 5.74) is 5.81. The van der Waals surface area contributed by atoms with Crippen LogP contribution in [0.15, 0.2) is 15.9 Å². The van der Waals surface area contributed by atoms with E-state index in [1.165, 1.54) is 4.88 Å². The van der Waals surface area contributed by atoms with Gasteiger partial charge in [-0.25, -0.2) is 0 Å². The molecule has 5 heteroatoms. The summed E-state index contributed by atoms with van der Waals surface area (Å²) in [6.45, 7) is 0.696. The Kier molecular flexibility index (Phi) is 4.22. The van der Waals surface area contributed by atoms with E-state index in [0.29, 0.717) is 13.0 Å². The first-order chi connectivity index (χ1) is 8.07. The molecule has 1 aromatic rings. The molecule has 0 spiro atoms. The Hall–Kier alpha value is -0.390. The topological polar surface area (TPSA) is 55.1 Å². The summed E-state index contributed by atoms with van der Waals surface area (Å²) in [4.78, 5) is 12.9. The Morgan fingerprint density at radius 1 is 1.53 bits per heavy atom. The zero-order valence-corrected chi connectivity index (χ0v) is 12.1. The van der Waals surface area contributed by atoms with Crippen LogP contribution in [-0.2, 0) is 11.2 Å². The molecule has 1 aliphatic carbocycles. The van der Waals surface area contributed by atoms with Gasteiger partial charge >= 0.3 is 0 Å². The van der Waals surface area contributed by atoms with E-state index in [2.05, 4.69) is 27.3 Å².